The molecule has 1 aliphatic rings. The monoisotopic (exact) mass is 250 g/mol. The van der Waals surface area contributed by atoms with Crippen molar-refractivity contribution in [3.8, 4) is 5.75 Å². The van der Waals surface area contributed by atoms with Gasteiger partial charge >= 0.3 is 0 Å². The number of rotatable bonds is 2. The number of benzene rings is 2. The molecule has 2 aromatic carbocycles. The molecular formula is C18H18O. The molecule has 1 aliphatic carbocycles. The van der Waals surface area contributed by atoms with Crippen molar-refractivity contribution in [3.63, 3.8) is 0 Å². The van der Waals surface area contributed by atoms with Gasteiger partial charge in [-0.05, 0) is 53.8 Å². The number of hydrogen-bond donors (Lipinski definition) is 0. The van der Waals surface area contributed by atoms with Crippen LogP contribution in [-0.4, -0.2) is 7.11 Å². The second-order valence-electron chi connectivity index (χ2n) is 5.05. The van der Waals surface area contributed by atoms with Crippen LogP contribution in [0.15, 0.2) is 54.1 Å². The highest BCUT2D eigenvalue weighted by Crippen LogP contribution is 2.32. The molecule has 96 valence electrons. The van der Waals surface area contributed by atoms with Crippen LogP contribution in [0.3, 0.4) is 0 Å². The lowest BCUT2D eigenvalue weighted by atomic mass is 9.91. The number of hydrogen-bond acceptors (Lipinski definition) is 1. The molecule has 0 saturated heterocycles. The Kier molecular flexibility index (Phi) is 3.12. The Labute approximate surface area is 114 Å². The maximum Gasteiger partial charge on any atom is 0.119 e. The van der Waals surface area contributed by atoms with Crippen molar-refractivity contribution in [2.24, 2.45) is 0 Å². The Morgan fingerprint density at radius 2 is 2.00 bits per heavy atom. The molecule has 19 heavy (non-hydrogen) atoms. The summed E-state index contributed by atoms with van der Waals surface area (Å²) in [6.45, 7) is 2.17. The summed E-state index contributed by atoms with van der Waals surface area (Å²) in [6, 6.07) is 12.8. The summed E-state index contributed by atoms with van der Waals surface area (Å²) < 4.78 is 5.30. The van der Waals surface area contributed by atoms with Crippen LogP contribution in [0.1, 0.15) is 25.3 Å². The summed E-state index contributed by atoms with van der Waals surface area (Å²) in [5.74, 6) is 0.915. The van der Waals surface area contributed by atoms with Gasteiger partial charge in [0.1, 0.15) is 5.75 Å². The summed E-state index contributed by atoms with van der Waals surface area (Å²) in [5.41, 5.74) is 4.16. The van der Waals surface area contributed by atoms with Gasteiger partial charge in [0, 0.05) is 0 Å². The number of ether oxygens (including phenoxy) is 1. The third-order valence-corrected chi connectivity index (χ3v) is 3.72. The van der Waals surface area contributed by atoms with Crippen LogP contribution in [-0.2, 0) is 0 Å². The maximum absolute atomic E-state index is 5.30. The van der Waals surface area contributed by atoms with Crippen LogP contribution in [0.2, 0.25) is 0 Å². The van der Waals surface area contributed by atoms with Crippen LogP contribution >= 0.6 is 0 Å². The summed E-state index contributed by atoms with van der Waals surface area (Å²) in [6.07, 6.45) is 6.88. The summed E-state index contributed by atoms with van der Waals surface area (Å²) >= 11 is 0. The van der Waals surface area contributed by atoms with Crippen LogP contribution in [0.4, 0.5) is 0 Å². The van der Waals surface area contributed by atoms with Gasteiger partial charge in [-0.15, -0.1) is 0 Å². The summed E-state index contributed by atoms with van der Waals surface area (Å²) in [7, 11) is 1.71. The number of methoxy groups -OCH3 is 1. The second kappa shape index (κ2) is 4.93. The molecule has 0 heterocycles. The first-order valence-corrected chi connectivity index (χ1v) is 6.72. The van der Waals surface area contributed by atoms with Crippen molar-refractivity contribution in [1.29, 1.82) is 0 Å². The molecule has 0 fully saturated rings. The van der Waals surface area contributed by atoms with E-state index in [0.29, 0.717) is 0 Å². The van der Waals surface area contributed by atoms with E-state index in [9.17, 15) is 0 Å². The van der Waals surface area contributed by atoms with Gasteiger partial charge in [-0.25, -0.2) is 0 Å². The Hall–Kier alpha value is -2.02. The molecule has 0 unspecified atom stereocenters. The van der Waals surface area contributed by atoms with E-state index < -0.39 is 0 Å². The van der Waals surface area contributed by atoms with E-state index >= 15 is 0 Å². The third-order valence-electron chi connectivity index (χ3n) is 3.72. The zero-order valence-electron chi connectivity index (χ0n) is 11.4. The second-order valence-corrected chi connectivity index (χ2v) is 5.05. The molecule has 0 radical (unpaired) electrons. The fraction of sp³-hybridized carbons (Fsp3) is 0.222. The molecule has 0 N–H and O–H groups in total. The van der Waals surface area contributed by atoms with Crippen molar-refractivity contribution in [3.05, 3.63) is 59.7 Å². The average Bonchev–Trinajstić information content (AvgIpc) is 2.46. The summed E-state index contributed by atoms with van der Waals surface area (Å²) in [5, 5.41) is 2.55. The lowest BCUT2D eigenvalue weighted by Gasteiger charge is -2.15. The van der Waals surface area contributed by atoms with Crippen molar-refractivity contribution in [2.45, 2.75) is 19.8 Å². The molecular weight excluding hydrogens is 232 g/mol. The topological polar surface area (TPSA) is 9.23 Å². The third kappa shape index (κ3) is 2.28. The van der Waals surface area contributed by atoms with Crippen LogP contribution in [0.25, 0.3) is 16.3 Å². The van der Waals surface area contributed by atoms with E-state index in [1.54, 1.807) is 7.11 Å². The van der Waals surface area contributed by atoms with E-state index in [-0.39, 0.29) is 0 Å². The highest BCUT2D eigenvalue weighted by atomic mass is 16.5. The Morgan fingerprint density at radius 1 is 1.11 bits per heavy atom. The van der Waals surface area contributed by atoms with E-state index in [1.165, 1.54) is 27.5 Å². The van der Waals surface area contributed by atoms with E-state index in [4.69, 9.17) is 4.74 Å². The Bertz CT molecular complexity index is 677. The van der Waals surface area contributed by atoms with Gasteiger partial charge in [0.05, 0.1) is 7.11 Å². The zero-order chi connectivity index (χ0) is 13.2. The highest BCUT2D eigenvalue weighted by Gasteiger charge is 2.09. The van der Waals surface area contributed by atoms with Crippen molar-refractivity contribution >= 4 is 16.3 Å². The van der Waals surface area contributed by atoms with Gasteiger partial charge in [-0.1, -0.05) is 42.0 Å². The smallest absolute Gasteiger partial charge is 0.119 e. The molecule has 0 saturated carbocycles. The first kappa shape index (κ1) is 12.0. The largest absolute Gasteiger partial charge is 0.497 e. The van der Waals surface area contributed by atoms with Gasteiger partial charge in [0.15, 0.2) is 0 Å². The molecule has 1 nitrogen and oxygen atoms in total. The minimum atomic E-state index is 0.915. The molecule has 1 heteroatoms. The molecule has 0 spiro atoms. The van der Waals surface area contributed by atoms with Gasteiger partial charge in [-0.2, -0.15) is 0 Å². The first-order chi connectivity index (χ1) is 9.28. The first-order valence-electron chi connectivity index (χ1n) is 6.72. The van der Waals surface area contributed by atoms with Crippen LogP contribution in [0.5, 0.6) is 5.75 Å². The predicted molar refractivity (Wildman–Crippen MR) is 81.5 cm³/mol. The standard InChI is InChI=1S/C18H18O/c1-13-5-3-6-14(11-13)17-8-4-7-15-12-16(19-2)9-10-18(15)17/h4-5,7-12H,3,6H2,1-2H3. The lowest BCUT2D eigenvalue weighted by molar-refractivity contribution is 0.415. The Morgan fingerprint density at radius 3 is 2.79 bits per heavy atom. The molecule has 2 aromatic rings. The van der Waals surface area contributed by atoms with Crippen LogP contribution < -0.4 is 4.74 Å². The molecule has 0 atom stereocenters. The normalized spacial score (nSPS) is 15.1. The van der Waals surface area contributed by atoms with Crippen LogP contribution in [0, 0.1) is 0 Å². The molecule has 0 amide bonds. The maximum atomic E-state index is 5.30. The lowest BCUT2D eigenvalue weighted by Crippen LogP contribution is -1.92. The SMILES string of the molecule is COc1ccc2c(C3=CC(C)=CCC3)cccc2c1. The van der Waals surface area contributed by atoms with Gasteiger partial charge in [-0.3, -0.25) is 0 Å². The number of fused-ring (bicyclic) bond motifs is 1. The molecule has 0 aliphatic heterocycles. The predicted octanol–water partition coefficient (Wildman–Crippen LogP) is 4.97. The quantitative estimate of drug-likeness (QED) is 0.731. The van der Waals surface area contributed by atoms with Gasteiger partial charge in [0.25, 0.3) is 0 Å². The fourth-order valence-electron chi connectivity index (χ4n) is 2.74. The van der Waals surface area contributed by atoms with E-state index in [0.717, 1.165) is 18.6 Å². The Balaban J connectivity index is 2.17. The van der Waals surface area contributed by atoms with E-state index in [2.05, 4.69) is 49.4 Å². The van der Waals surface area contributed by atoms with Gasteiger partial charge in [0.2, 0.25) is 0 Å². The average molecular weight is 250 g/mol. The highest BCUT2D eigenvalue weighted by molar-refractivity contribution is 5.95. The summed E-state index contributed by atoms with van der Waals surface area (Å²) in [4.78, 5) is 0. The minimum absolute atomic E-state index is 0.915. The molecule has 0 aromatic heterocycles. The van der Waals surface area contributed by atoms with Crippen molar-refractivity contribution in [2.75, 3.05) is 7.11 Å². The van der Waals surface area contributed by atoms with Crippen molar-refractivity contribution in [1.82, 2.24) is 0 Å². The molecule has 3 rings (SSSR count). The number of allylic oxidation sites excluding steroid dienone is 4. The van der Waals surface area contributed by atoms with E-state index in [1.807, 2.05) is 6.07 Å². The minimum Gasteiger partial charge on any atom is -0.497 e. The zero-order valence-corrected chi connectivity index (χ0v) is 11.4. The van der Waals surface area contributed by atoms with Gasteiger partial charge < -0.3 is 4.74 Å². The fourth-order valence-corrected chi connectivity index (χ4v) is 2.74. The molecule has 0 bridgehead atoms. The van der Waals surface area contributed by atoms with Crippen molar-refractivity contribution < 1.29 is 4.74 Å².